The number of hydrogen-bond donors (Lipinski definition) is 2. The molecule has 0 saturated heterocycles. The fraction of sp³-hybridized carbons (Fsp3) is 0.333. The average molecular weight is 308 g/mol. The number of furan rings is 1. The molecule has 1 aromatic heterocycles. The molecular weight excluding hydrogens is 288 g/mol. The van der Waals surface area contributed by atoms with Crippen LogP contribution in [0.3, 0.4) is 0 Å². The molecule has 0 bridgehead atoms. The minimum absolute atomic E-state index is 0.214. The second kappa shape index (κ2) is 6.78. The van der Waals surface area contributed by atoms with Crippen molar-refractivity contribution >= 4 is 15.7 Å². The summed E-state index contributed by atoms with van der Waals surface area (Å²) in [6.07, 6.45) is 3.47. The van der Waals surface area contributed by atoms with Crippen LogP contribution in [0, 0.1) is 0 Å². The van der Waals surface area contributed by atoms with Crippen LogP contribution in [0.5, 0.6) is 0 Å². The number of anilines is 1. The first kappa shape index (κ1) is 15.6. The third kappa shape index (κ3) is 4.61. The Balaban J connectivity index is 1.92. The molecule has 2 rings (SSSR count). The standard InChI is InChI=1S/C15H20N2O3S/c1-2-3-4-12-5-7-13(8-6-12)17-11-14-9-10-15(20-14)21(16,18)19/h5-10,17H,2-4,11H2,1H3,(H2,16,18,19). The molecule has 0 saturated carbocycles. The average Bonchev–Trinajstić information content (AvgIpc) is 2.93. The molecule has 0 aliphatic rings. The number of rotatable bonds is 7. The van der Waals surface area contributed by atoms with Crippen LogP contribution in [0.4, 0.5) is 5.69 Å². The summed E-state index contributed by atoms with van der Waals surface area (Å²) in [6, 6.07) is 11.2. The molecular formula is C15H20N2O3S. The molecule has 6 heteroatoms. The molecule has 0 atom stereocenters. The molecule has 0 spiro atoms. The molecule has 0 fully saturated rings. The molecule has 5 nitrogen and oxygen atoms in total. The SMILES string of the molecule is CCCCc1ccc(NCc2ccc(S(N)(=O)=O)o2)cc1. The Labute approximate surface area is 125 Å². The van der Waals surface area contributed by atoms with Crippen molar-refractivity contribution in [2.24, 2.45) is 5.14 Å². The van der Waals surface area contributed by atoms with E-state index in [9.17, 15) is 8.42 Å². The monoisotopic (exact) mass is 308 g/mol. The van der Waals surface area contributed by atoms with Crippen molar-refractivity contribution in [2.75, 3.05) is 5.32 Å². The lowest BCUT2D eigenvalue weighted by atomic mass is 10.1. The highest BCUT2D eigenvalue weighted by Gasteiger charge is 2.12. The van der Waals surface area contributed by atoms with Gasteiger partial charge in [0.25, 0.3) is 10.0 Å². The van der Waals surface area contributed by atoms with E-state index in [2.05, 4.69) is 24.4 Å². The fourth-order valence-electron chi connectivity index (χ4n) is 1.97. The second-order valence-electron chi connectivity index (χ2n) is 4.92. The van der Waals surface area contributed by atoms with Gasteiger partial charge in [-0.15, -0.1) is 0 Å². The van der Waals surface area contributed by atoms with E-state index in [-0.39, 0.29) is 5.09 Å². The van der Waals surface area contributed by atoms with Crippen LogP contribution < -0.4 is 10.5 Å². The number of sulfonamides is 1. The number of nitrogens with one attached hydrogen (secondary N) is 1. The van der Waals surface area contributed by atoms with Gasteiger partial charge in [0.05, 0.1) is 6.54 Å². The molecule has 1 heterocycles. The van der Waals surface area contributed by atoms with E-state index in [0.717, 1.165) is 12.1 Å². The number of nitrogens with two attached hydrogens (primary N) is 1. The fourth-order valence-corrected chi connectivity index (χ4v) is 2.45. The van der Waals surface area contributed by atoms with Crippen LogP contribution in [-0.2, 0) is 23.0 Å². The Bertz CT molecular complexity index is 675. The summed E-state index contributed by atoms with van der Waals surface area (Å²) in [6.45, 7) is 2.58. The van der Waals surface area contributed by atoms with E-state index in [4.69, 9.17) is 9.56 Å². The maximum Gasteiger partial charge on any atom is 0.271 e. The van der Waals surface area contributed by atoms with Gasteiger partial charge in [0.15, 0.2) is 0 Å². The lowest BCUT2D eigenvalue weighted by Crippen LogP contribution is -2.10. The van der Waals surface area contributed by atoms with E-state index in [0.29, 0.717) is 12.3 Å². The van der Waals surface area contributed by atoms with Gasteiger partial charge in [-0.2, -0.15) is 0 Å². The molecule has 21 heavy (non-hydrogen) atoms. The Morgan fingerprint density at radius 1 is 1.14 bits per heavy atom. The lowest BCUT2D eigenvalue weighted by molar-refractivity contribution is 0.419. The van der Waals surface area contributed by atoms with Gasteiger partial charge in [-0.3, -0.25) is 0 Å². The zero-order chi connectivity index (χ0) is 15.3. The Morgan fingerprint density at radius 2 is 1.86 bits per heavy atom. The summed E-state index contributed by atoms with van der Waals surface area (Å²) < 4.78 is 27.4. The largest absolute Gasteiger partial charge is 0.446 e. The van der Waals surface area contributed by atoms with Crippen LogP contribution in [0.1, 0.15) is 31.1 Å². The van der Waals surface area contributed by atoms with Crippen molar-refractivity contribution in [1.82, 2.24) is 0 Å². The quantitative estimate of drug-likeness (QED) is 0.823. The molecule has 0 amide bonds. The first-order valence-corrected chi connectivity index (χ1v) is 8.48. The van der Waals surface area contributed by atoms with Crippen molar-refractivity contribution in [3.63, 3.8) is 0 Å². The van der Waals surface area contributed by atoms with Gasteiger partial charge in [-0.25, -0.2) is 13.6 Å². The molecule has 114 valence electrons. The predicted molar refractivity (Wildman–Crippen MR) is 82.5 cm³/mol. The van der Waals surface area contributed by atoms with Crippen LogP contribution in [0.25, 0.3) is 0 Å². The molecule has 0 aliphatic heterocycles. The second-order valence-corrected chi connectivity index (χ2v) is 6.41. The smallest absolute Gasteiger partial charge is 0.271 e. The van der Waals surface area contributed by atoms with Crippen molar-refractivity contribution in [3.05, 3.63) is 47.7 Å². The number of primary sulfonamides is 1. The normalized spacial score (nSPS) is 11.5. The summed E-state index contributed by atoms with van der Waals surface area (Å²) in [5, 5.41) is 7.96. The minimum Gasteiger partial charge on any atom is -0.446 e. The van der Waals surface area contributed by atoms with Gasteiger partial charge in [-0.05, 0) is 42.7 Å². The number of benzene rings is 1. The van der Waals surface area contributed by atoms with Gasteiger partial charge >= 0.3 is 0 Å². The molecule has 1 aromatic carbocycles. The molecule has 2 aromatic rings. The van der Waals surface area contributed by atoms with E-state index in [1.807, 2.05) is 12.1 Å². The van der Waals surface area contributed by atoms with Gasteiger partial charge in [-0.1, -0.05) is 25.5 Å². The number of hydrogen-bond acceptors (Lipinski definition) is 4. The van der Waals surface area contributed by atoms with Crippen molar-refractivity contribution in [3.8, 4) is 0 Å². The van der Waals surface area contributed by atoms with E-state index in [1.165, 1.54) is 24.5 Å². The zero-order valence-electron chi connectivity index (χ0n) is 12.0. The van der Waals surface area contributed by atoms with Crippen molar-refractivity contribution < 1.29 is 12.8 Å². The Kier molecular flexibility index (Phi) is 5.03. The predicted octanol–water partition coefficient (Wildman–Crippen LogP) is 2.88. The van der Waals surface area contributed by atoms with Crippen LogP contribution in [-0.4, -0.2) is 8.42 Å². The minimum atomic E-state index is -3.77. The summed E-state index contributed by atoms with van der Waals surface area (Å²) >= 11 is 0. The lowest BCUT2D eigenvalue weighted by Gasteiger charge is -2.06. The van der Waals surface area contributed by atoms with Gasteiger partial charge in [0.1, 0.15) is 5.76 Å². The Hall–Kier alpha value is -1.79. The molecule has 3 N–H and O–H groups in total. The van der Waals surface area contributed by atoms with E-state index in [1.54, 1.807) is 6.07 Å². The summed E-state index contributed by atoms with van der Waals surface area (Å²) in [5.41, 5.74) is 2.28. The van der Waals surface area contributed by atoms with Gasteiger partial charge in [0.2, 0.25) is 5.09 Å². The van der Waals surface area contributed by atoms with Gasteiger partial charge in [0, 0.05) is 5.69 Å². The summed E-state index contributed by atoms with van der Waals surface area (Å²) in [5.74, 6) is 0.522. The molecule has 0 unspecified atom stereocenters. The summed E-state index contributed by atoms with van der Waals surface area (Å²) in [7, 11) is -3.77. The highest BCUT2D eigenvalue weighted by molar-refractivity contribution is 7.89. The van der Waals surface area contributed by atoms with E-state index < -0.39 is 10.0 Å². The number of unbranched alkanes of at least 4 members (excludes halogenated alkanes) is 1. The van der Waals surface area contributed by atoms with E-state index >= 15 is 0 Å². The highest BCUT2D eigenvalue weighted by Crippen LogP contribution is 2.16. The van der Waals surface area contributed by atoms with Crippen LogP contribution in [0.2, 0.25) is 0 Å². The maximum absolute atomic E-state index is 11.1. The third-order valence-corrected chi connectivity index (χ3v) is 3.94. The topological polar surface area (TPSA) is 85.3 Å². The van der Waals surface area contributed by atoms with Crippen LogP contribution >= 0.6 is 0 Å². The van der Waals surface area contributed by atoms with Gasteiger partial charge < -0.3 is 9.73 Å². The number of aryl methyl sites for hydroxylation is 1. The Morgan fingerprint density at radius 3 is 2.43 bits per heavy atom. The van der Waals surface area contributed by atoms with Crippen LogP contribution in [0.15, 0.2) is 45.9 Å². The maximum atomic E-state index is 11.1. The molecule has 0 radical (unpaired) electrons. The van der Waals surface area contributed by atoms with Crippen molar-refractivity contribution in [2.45, 2.75) is 37.8 Å². The summed E-state index contributed by atoms with van der Waals surface area (Å²) in [4.78, 5) is 0. The first-order valence-electron chi connectivity index (χ1n) is 6.93. The van der Waals surface area contributed by atoms with Crippen molar-refractivity contribution in [1.29, 1.82) is 0 Å². The molecule has 0 aliphatic carbocycles. The zero-order valence-corrected chi connectivity index (χ0v) is 12.8. The first-order chi connectivity index (χ1) is 9.99. The third-order valence-electron chi connectivity index (χ3n) is 3.16. The highest BCUT2D eigenvalue weighted by atomic mass is 32.2.